The lowest BCUT2D eigenvalue weighted by atomic mass is 10.0. The van der Waals surface area contributed by atoms with Crippen molar-refractivity contribution in [1.29, 1.82) is 0 Å². The molecule has 0 bridgehead atoms. The van der Waals surface area contributed by atoms with Crippen LogP contribution < -0.4 is 4.74 Å². The molecule has 0 spiro atoms. The zero-order chi connectivity index (χ0) is 18.5. The van der Waals surface area contributed by atoms with Gasteiger partial charge in [0.05, 0.1) is 25.2 Å². The monoisotopic (exact) mass is 357 g/mol. The Balaban J connectivity index is 1.60. The van der Waals surface area contributed by atoms with Crippen LogP contribution in [0.5, 0.6) is 5.75 Å². The highest BCUT2D eigenvalue weighted by molar-refractivity contribution is 5.77. The molecule has 1 N–H and O–H groups in total. The Bertz CT molecular complexity index is 715. The molecule has 1 aliphatic rings. The molecule has 0 radical (unpaired) electrons. The topological polar surface area (TPSA) is 67.5 Å². The summed E-state index contributed by atoms with van der Waals surface area (Å²) in [5, 5.41) is 0. The maximum atomic E-state index is 12.8. The molecule has 1 aromatic heterocycles. The first kappa shape index (κ1) is 18.5. The smallest absolute Gasteiger partial charge is 0.226 e. The van der Waals surface area contributed by atoms with Gasteiger partial charge in [-0.2, -0.15) is 0 Å². The highest BCUT2D eigenvalue weighted by atomic mass is 16.5. The fourth-order valence-electron chi connectivity index (χ4n) is 3.44. The third kappa shape index (κ3) is 4.07. The normalized spacial score (nSPS) is 19.9. The SMILES string of the molecule is CO[C@@H]1CC(c2ncc[nH]2)N(C(=O)CCOc2ccccc2C(C)C)C1. The summed E-state index contributed by atoms with van der Waals surface area (Å²) in [6.45, 7) is 5.22. The second kappa shape index (κ2) is 8.36. The number of carbonyl (C=O) groups excluding carboxylic acids is 1. The van der Waals surface area contributed by atoms with Crippen LogP contribution in [0.25, 0.3) is 0 Å². The van der Waals surface area contributed by atoms with Gasteiger partial charge in [0.25, 0.3) is 0 Å². The number of hydrogen-bond donors (Lipinski definition) is 1. The summed E-state index contributed by atoms with van der Waals surface area (Å²) < 4.78 is 11.4. The van der Waals surface area contributed by atoms with E-state index < -0.39 is 0 Å². The largest absolute Gasteiger partial charge is 0.493 e. The van der Waals surface area contributed by atoms with Crippen LogP contribution >= 0.6 is 0 Å². The summed E-state index contributed by atoms with van der Waals surface area (Å²) >= 11 is 0. The number of hydrogen-bond acceptors (Lipinski definition) is 4. The Kier molecular flexibility index (Phi) is 5.93. The molecule has 2 atom stereocenters. The number of aromatic nitrogens is 2. The second-order valence-electron chi connectivity index (χ2n) is 6.92. The molecule has 140 valence electrons. The molecule has 1 fully saturated rings. The second-order valence-corrected chi connectivity index (χ2v) is 6.92. The Labute approximate surface area is 154 Å². The van der Waals surface area contributed by atoms with E-state index in [4.69, 9.17) is 9.47 Å². The number of para-hydroxylation sites is 1. The van der Waals surface area contributed by atoms with Crippen molar-refractivity contribution in [3.05, 3.63) is 48.0 Å². The maximum Gasteiger partial charge on any atom is 0.226 e. The van der Waals surface area contributed by atoms with Gasteiger partial charge < -0.3 is 19.4 Å². The highest BCUT2D eigenvalue weighted by Crippen LogP contribution is 2.32. The Morgan fingerprint density at radius 2 is 2.19 bits per heavy atom. The minimum Gasteiger partial charge on any atom is -0.493 e. The standard InChI is InChI=1S/C20H27N3O3/c1-14(2)16-6-4-5-7-18(16)26-11-8-19(24)23-13-15(25-3)12-17(23)20-21-9-10-22-20/h4-7,9-10,14-15,17H,8,11-13H2,1-3H3,(H,21,22)/t15-,17?/m1/s1. The number of amides is 1. The average molecular weight is 357 g/mol. The van der Waals surface area contributed by atoms with E-state index in [-0.39, 0.29) is 18.1 Å². The van der Waals surface area contributed by atoms with Gasteiger partial charge in [0.15, 0.2) is 0 Å². The molecule has 2 aromatic rings. The fourth-order valence-corrected chi connectivity index (χ4v) is 3.44. The van der Waals surface area contributed by atoms with Gasteiger partial charge in [-0.15, -0.1) is 0 Å². The molecule has 1 saturated heterocycles. The van der Waals surface area contributed by atoms with Crippen molar-refractivity contribution in [2.45, 2.75) is 44.8 Å². The third-order valence-electron chi connectivity index (χ3n) is 4.87. The van der Waals surface area contributed by atoms with Gasteiger partial charge in [0, 0.05) is 32.5 Å². The van der Waals surface area contributed by atoms with Crippen LogP contribution in [0.1, 0.15) is 50.0 Å². The Morgan fingerprint density at radius 1 is 1.38 bits per heavy atom. The number of carbonyl (C=O) groups is 1. The maximum absolute atomic E-state index is 12.8. The lowest BCUT2D eigenvalue weighted by Crippen LogP contribution is -2.33. The summed E-state index contributed by atoms with van der Waals surface area (Å²) in [5.74, 6) is 2.11. The Morgan fingerprint density at radius 3 is 2.88 bits per heavy atom. The number of nitrogens with zero attached hydrogens (tertiary/aromatic N) is 2. The van der Waals surface area contributed by atoms with Crippen LogP contribution in [0.4, 0.5) is 0 Å². The molecule has 1 unspecified atom stereocenters. The van der Waals surface area contributed by atoms with Gasteiger partial charge in [-0.05, 0) is 17.5 Å². The van der Waals surface area contributed by atoms with Crippen LogP contribution in [-0.4, -0.2) is 47.1 Å². The molecule has 6 nitrogen and oxygen atoms in total. The molecule has 1 amide bonds. The van der Waals surface area contributed by atoms with Crippen molar-refractivity contribution in [1.82, 2.24) is 14.9 Å². The summed E-state index contributed by atoms with van der Waals surface area (Å²) in [6, 6.07) is 7.93. The molecule has 26 heavy (non-hydrogen) atoms. The van der Waals surface area contributed by atoms with Gasteiger partial charge in [0.1, 0.15) is 11.6 Å². The number of H-pyrrole nitrogens is 1. The van der Waals surface area contributed by atoms with E-state index in [9.17, 15) is 4.79 Å². The summed E-state index contributed by atoms with van der Waals surface area (Å²) in [6.07, 6.45) is 4.62. The van der Waals surface area contributed by atoms with Gasteiger partial charge in [-0.3, -0.25) is 4.79 Å². The van der Waals surface area contributed by atoms with Gasteiger partial charge in [-0.25, -0.2) is 4.98 Å². The first-order valence-corrected chi connectivity index (χ1v) is 9.13. The number of likely N-dealkylation sites (tertiary alicyclic amines) is 1. The molecular formula is C20H27N3O3. The third-order valence-corrected chi connectivity index (χ3v) is 4.87. The number of aromatic amines is 1. The number of benzene rings is 1. The van der Waals surface area contributed by atoms with Crippen LogP contribution in [0.2, 0.25) is 0 Å². The molecule has 0 aliphatic carbocycles. The van der Waals surface area contributed by atoms with E-state index in [1.165, 1.54) is 0 Å². The molecule has 3 rings (SSSR count). The minimum absolute atomic E-state index is 0.0386. The van der Waals surface area contributed by atoms with Gasteiger partial charge in [-0.1, -0.05) is 32.0 Å². The lowest BCUT2D eigenvalue weighted by molar-refractivity contribution is -0.133. The first-order chi connectivity index (χ1) is 12.6. The van der Waals surface area contributed by atoms with Crippen LogP contribution in [-0.2, 0) is 9.53 Å². The van der Waals surface area contributed by atoms with E-state index in [0.29, 0.717) is 25.5 Å². The molecular weight excluding hydrogens is 330 g/mol. The minimum atomic E-state index is -0.0644. The summed E-state index contributed by atoms with van der Waals surface area (Å²) in [4.78, 5) is 22.1. The van der Waals surface area contributed by atoms with Crippen molar-refractivity contribution in [2.24, 2.45) is 0 Å². The fraction of sp³-hybridized carbons (Fsp3) is 0.500. The number of imidazole rings is 1. The van der Waals surface area contributed by atoms with E-state index in [1.54, 1.807) is 19.5 Å². The van der Waals surface area contributed by atoms with Crippen LogP contribution in [0.3, 0.4) is 0 Å². The van der Waals surface area contributed by atoms with E-state index in [2.05, 4.69) is 29.9 Å². The molecule has 1 aromatic carbocycles. The van der Waals surface area contributed by atoms with Crippen LogP contribution in [0.15, 0.2) is 36.7 Å². The number of methoxy groups -OCH3 is 1. The highest BCUT2D eigenvalue weighted by Gasteiger charge is 2.37. The number of nitrogens with one attached hydrogen (secondary N) is 1. The molecule has 0 saturated carbocycles. The molecule has 1 aliphatic heterocycles. The quantitative estimate of drug-likeness (QED) is 0.826. The zero-order valence-electron chi connectivity index (χ0n) is 15.6. The van der Waals surface area contributed by atoms with Crippen molar-refractivity contribution in [3.8, 4) is 5.75 Å². The Hall–Kier alpha value is -2.34. The summed E-state index contributed by atoms with van der Waals surface area (Å²) in [5.41, 5.74) is 1.16. The number of rotatable bonds is 7. The van der Waals surface area contributed by atoms with Crippen molar-refractivity contribution in [2.75, 3.05) is 20.3 Å². The van der Waals surface area contributed by atoms with Crippen molar-refractivity contribution >= 4 is 5.91 Å². The van der Waals surface area contributed by atoms with Gasteiger partial charge in [0.2, 0.25) is 5.91 Å². The van der Waals surface area contributed by atoms with Crippen LogP contribution in [0, 0.1) is 0 Å². The predicted molar refractivity (Wildman–Crippen MR) is 99.1 cm³/mol. The average Bonchev–Trinajstić information content (AvgIpc) is 3.31. The lowest BCUT2D eigenvalue weighted by Gasteiger charge is -2.23. The molecule has 6 heteroatoms. The van der Waals surface area contributed by atoms with E-state index in [0.717, 1.165) is 23.6 Å². The van der Waals surface area contributed by atoms with Crippen molar-refractivity contribution < 1.29 is 14.3 Å². The molecule has 2 heterocycles. The predicted octanol–water partition coefficient (Wildman–Crippen LogP) is 3.29. The zero-order valence-corrected chi connectivity index (χ0v) is 15.6. The van der Waals surface area contributed by atoms with Gasteiger partial charge >= 0.3 is 0 Å². The van der Waals surface area contributed by atoms with E-state index >= 15 is 0 Å². The first-order valence-electron chi connectivity index (χ1n) is 9.13. The number of ether oxygens (including phenoxy) is 2. The summed E-state index contributed by atoms with van der Waals surface area (Å²) in [7, 11) is 1.68. The van der Waals surface area contributed by atoms with E-state index in [1.807, 2.05) is 23.1 Å². The van der Waals surface area contributed by atoms with Crippen molar-refractivity contribution in [3.63, 3.8) is 0 Å².